The minimum absolute atomic E-state index is 0.0571. The summed E-state index contributed by atoms with van der Waals surface area (Å²) < 4.78 is 27.8. The summed E-state index contributed by atoms with van der Waals surface area (Å²) in [6.07, 6.45) is 0.397. The number of amides is 3. The first kappa shape index (κ1) is 19.0. The molecule has 2 rings (SSSR count). The number of methoxy groups -OCH3 is 1. The quantitative estimate of drug-likeness (QED) is 0.662. The zero-order valence-corrected chi connectivity index (χ0v) is 15.1. The molecule has 1 aliphatic heterocycles. The Morgan fingerprint density at radius 2 is 1.96 bits per heavy atom. The molecule has 1 heterocycles. The summed E-state index contributed by atoms with van der Waals surface area (Å²) in [5.41, 5.74) is 0.905. The molecule has 1 aromatic rings. The lowest BCUT2D eigenvalue weighted by Crippen LogP contribution is -2.50. The monoisotopic (exact) mass is 369 g/mol. The standard InChI is InChI=1S/C16H23N3O5S/c1-11(18-16(21)19-13-7-8-25(22,23)10-13)15(20)17-9-12-3-5-14(24-2)6-4-12/h3-6,11,13H,7-10H2,1-2H3,(H,17,20)(H2,18,19,21)/t11-,13-/m0/s1. The van der Waals surface area contributed by atoms with Crippen LogP contribution in [0.2, 0.25) is 0 Å². The molecule has 9 heteroatoms. The van der Waals surface area contributed by atoms with Crippen molar-refractivity contribution in [2.75, 3.05) is 18.6 Å². The van der Waals surface area contributed by atoms with E-state index in [9.17, 15) is 18.0 Å². The van der Waals surface area contributed by atoms with Crippen LogP contribution >= 0.6 is 0 Å². The van der Waals surface area contributed by atoms with E-state index in [1.54, 1.807) is 26.2 Å². The van der Waals surface area contributed by atoms with Gasteiger partial charge in [-0.15, -0.1) is 0 Å². The molecule has 0 aromatic heterocycles. The summed E-state index contributed by atoms with van der Waals surface area (Å²) >= 11 is 0. The van der Waals surface area contributed by atoms with Crippen molar-refractivity contribution in [1.29, 1.82) is 0 Å². The Kier molecular flexibility index (Phi) is 6.24. The van der Waals surface area contributed by atoms with E-state index in [2.05, 4.69) is 16.0 Å². The van der Waals surface area contributed by atoms with Crippen molar-refractivity contribution in [2.24, 2.45) is 0 Å². The van der Waals surface area contributed by atoms with Crippen LogP contribution < -0.4 is 20.7 Å². The molecule has 0 radical (unpaired) electrons. The molecule has 0 spiro atoms. The van der Waals surface area contributed by atoms with Crippen LogP contribution in [0.4, 0.5) is 4.79 Å². The average molecular weight is 369 g/mol. The predicted molar refractivity (Wildman–Crippen MR) is 93.0 cm³/mol. The Bertz CT molecular complexity index is 718. The van der Waals surface area contributed by atoms with E-state index in [4.69, 9.17) is 4.74 Å². The zero-order chi connectivity index (χ0) is 18.4. The average Bonchev–Trinajstić information content (AvgIpc) is 2.91. The Labute approximate surface area is 147 Å². The van der Waals surface area contributed by atoms with Crippen LogP contribution in [-0.2, 0) is 21.2 Å². The normalized spacial score (nSPS) is 19.7. The molecule has 0 unspecified atom stereocenters. The van der Waals surface area contributed by atoms with Crippen LogP contribution in [0.5, 0.6) is 5.75 Å². The first-order valence-corrected chi connectivity index (χ1v) is 9.79. The summed E-state index contributed by atoms with van der Waals surface area (Å²) in [5.74, 6) is 0.426. The molecular weight excluding hydrogens is 346 g/mol. The highest BCUT2D eigenvalue weighted by molar-refractivity contribution is 7.91. The molecule has 138 valence electrons. The highest BCUT2D eigenvalue weighted by Gasteiger charge is 2.29. The number of sulfone groups is 1. The first-order chi connectivity index (χ1) is 11.8. The minimum Gasteiger partial charge on any atom is -0.497 e. The molecule has 3 N–H and O–H groups in total. The van der Waals surface area contributed by atoms with Gasteiger partial charge in [-0.25, -0.2) is 13.2 Å². The van der Waals surface area contributed by atoms with Crippen molar-refractivity contribution in [3.63, 3.8) is 0 Å². The van der Waals surface area contributed by atoms with Crippen molar-refractivity contribution in [1.82, 2.24) is 16.0 Å². The van der Waals surface area contributed by atoms with E-state index >= 15 is 0 Å². The second-order valence-electron chi connectivity index (χ2n) is 6.01. The van der Waals surface area contributed by atoms with Gasteiger partial charge in [0.1, 0.15) is 11.8 Å². The fourth-order valence-electron chi connectivity index (χ4n) is 2.48. The molecule has 1 saturated heterocycles. The Morgan fingerprint density at radius 1 is 1.28 bits per heavy atom. The molecule has 3 amide bonds. The van der Waals surface area contributed by atoms with Crippen LogP contribution in [0.1, 0.15) is 18.9 Å². The van der Waals surface area contributed by atoms with E-state index in [0.29, 0.717) is 13.0 Å². The molecule has 25 heavy (non-hydrogen) atoms. The SMILES string of the molecule is COc1ccc(CNC(=O)[C@H](C)NC(=O)N[C@H]2CCS(=O)(=O)C2)cc1. The van der Waals surface area contributed by atoms with Gasteiger partial charge in [0, 0.05) is 12.6 Å². The molecule has 8 nitrogen and oxygen atoms in total. The van der Waals surface area contributed by atoms with Crippen molar-refractivity contribution in [3.8, 4) is 5.75 Å². The van der Waals surface area contributed by atoms with Gasteiger partial charge in [0.25, 0.3) is 0 Å². The van der Waals surface area contributed by atoms with Gasteiger partial charge in [0.15, 0.2) is 9.84 Å². The number of carbonyl (C=O) groups excluding carboxylic acids is 2. The second-order valence-corrected chi connectivity index (χ2v) is 8.23. The summed E-state index contributed by atoms with van der Waals surface area (Å²) in [6, 6.07) is 5.58. The summed E-state index contributed by atoms with van der Waals surface area (Å²) in [5, 5.41) is 7.83. The van der Waals surface area contributed by atoms with Gasteiger partial charge < -0.3 is 20.7 Å². The third-order valence-electron chi connectivity index (χ3n) is 3.93. The molecule has 0 bridgehead atoms. The third-order valence-corrected chi connectivity index (χ3v) is 5.70. The van der Waals surface area contributed by atoms with Gasteiger partial charge in [-0.1, -0.05) is 12.1 Å². The van der Waals surface area contributed by atoms with Crippen molar-refractivity contribution in [3.05, 3.63) is 29.8 Å². The molecule has 1 aliphatic rings. The maximum atomic E-state index is 12.0. The summed E-state index contributed by atoms with van der Waals surface area (Å²) in [6.45, 7) is 1.89. The van der Waals surface area contributed by atoms with E-state index < -0.39 is 28.0 Å². The second kappa shape index (κ2) is 8.19. The summed E-state index contributed by atoms with van der Waals surface area (Å²) in [4.78, 5) is 23.9. The number of carbonyl (C=O) groups is 2. The van der Waals surface area contributed by atoms with Crippen LogP contribution in [0.3, 0.4) is 0 Å². The van der Waals surface area contributed by atoms with E-state index in [-0.39, 0.29) is 17.4 Å². The fourth-order valence-corrected chi connectivity index (χ4v) is 4.16. The summed E-state index contributed by atoms with van der Waals surface area (Å²) in [7, 11) is -1.48. The van der Waals surface area contributed by atoms with Gasteiger partial charge in [0.2, 0.25) is 5.91 Å². The van der Waals surface area contributed by atoms with Crippen LogP contribution in [0, 0.1) is 0 Å². The van der Waals surface area contributed by atoms with Gasteiger partial charge >= 0.3 is 6.03 Å². The van der Waals surface area contributed by atoms with E-state index in [0.717, 1.165) is 11.3 Å². The molecule has 1 fully saturated rings. The lowest BCUT2D eigenvalue weighted by atomic mass is 10.2. The van der Waals surface area contributed by atoms with Crippen molar-refractivity contribution >= 4 is 21.8 Å². The smallest absolute Gasteiger partial charge is 0.315 e. The fraction of sp³-hybridized carbons (Fsp3) is 0.500. The van der Waals surface area contributed by atoms with Crippen molar-refractivity contribution < 1.29 is 22.7 Å². The van der Waals surface area contributed by atoms with Gasteiger partial charge in [-0.3, -0.25) is 4.79 Å². The lowest BCUT2D eigenvalue weighted by molar-refractivity contribution is -0.122. The number of urea groups is 1. The number of hydrogen-bond acceptors (Lipinski definition) is 5. The van der Waals surface area contributed by atoms with Crippen LogP contribution in [0.25, 0.3) is 0 Å². The predicted octanol–water partition coefficient (Wildman–Crippen LogP) is 0.186. The topological polar surface area (TPSA) is 114 Å². The molecular formula is C16H23N3O5S. The molecule has 1 aromatic carbocycles. The number of nitrogens with one attached hydrogen (secondary N) is 3. The van der Waals surface area contributed by atoms with E-state index in [1.807, 2.05) is 12.1 Å². The Hall–Kier alpha value is -2.29. The first-order valence-electron chi connectivity index (χ1n) is 7.97. The largest absolute Gasteiger partial charge is 0.497 e. The Balaban J connectivity index is 1.74. The molecule has 0 saturated carbocycles. The maximum Gasteiger partial charge on any atom is 0.315 e. The molecule has 0 aliphatic carbocycles. The van der Waals surface area contributed by atoms with Gasteiger partial charge in [0.05, 0.1) is 18.6 Å². The maximum absolute atomic E-state index is 12.0. The number of hydrogen-bond donors (Lipinski definition) is 3. The van der Waals surface area contributed by atoms with Crippen LogP contribution in [0.15, 0.2) is 24.3 Å². The number of ether oxygens (including phenoxy) is 1. The third kappa shape index (κ3) is 5.93. The lowest BCUT2D eigenvalue weighted by Gasteiger charge is -2.17. The zero-order valence-electron chi connectivity index (χ0n) is 14.2. The van der Waals surface area contributed by atoms with E-state index in [1.165, 1.54) is 0 Å². The molecule has 2 atom stereocenters. The minimum atomic E-state index is -3.06. The van der Waals surface area contributed by atoms with Gasteiger partial charge in [-0.05, 0) is 31.0 Å². The highest BCUT2D eigenvalue weighted by Crippen LogP contribution is 2.11. The Morgan fingerprint density at radius 3 is 2.52 bits per heavy atom. The number of benzene rings is 1. The van der Waals surface area contributed by atoms with Crippen LogP contribution in [-0.4, -0.2) is 51.1 Å². The van der Waals surface area contributed by atoms with Gasteiger partial charge in [-0.2, -0.15) is 0 Å². The van der Waals surface area contributed by atoms with Crippen molar-refractivity contribution in [2.45, 2.75) is 32.0 Å². The highest BCUT2D eigenvalue weighted by atomic mass is 32.2. The number of rotatable bonds is 6.